The normalized spacial score (nSPS) is 14.4. The number of carboxylic acids is 1. The van der Waals surface area contributed by atoms with E-state index in [-0.39, 0.29) is 49.4 Å². The van der Waals surface area contributed by atoms with Crippen LogP contribution in [0.5, 0.6) is 0 Å². The fraction of sp³-hybridized carbons (Fsp3) is 0.400. The molecule has 1 aliphatic rings. The Balaban J connectivity index is 1.56. The van der Waals surface area contributed by atoms with Crippen molar-refractivity contribution < 1.29 is 34.1 Å². The summed E-state index contributed by atoms with van der Waals surface area (Å²) in [6, 6.07) is 12.8. The summed E-state index contributed by atoms with van der Waals surface area (Å²) in [5.74, 6) is -1.49. The summed E-state index contributed by atoms with van der Waals surface area (Å²) in [5, 5.41) is 32.2. The van der Waals surface area contributed by atoms with E-state index in [0.717, 1.165) is 24.1 Å². The molecule has 41 heavy (non-hydrogen) atoms. The lowest BCUT2D eigenvalue weighted by Crippen LogP contribution is -2.25. The lowest BCUT2D eigenvalue weighted by Gasteiger charge is -2.17. The molecule has 2 atom stereocenters. The van der Waals surface area contributed by atoms with Gasteiger partial charge >= 0.3 is 5.97 Å². The number of carboxylic acid groups (broad SMARTS) is 1. The van der Waals surface area contributed by atoms with Gasteiger partial charge in [0.2, 0.25) is 0 Å². The number of aliphatic carboxylic acids is 1. The third kappa shape index (κ3) is 7.77. The summed E-state index contributed by atoms with van der Waals surface area (Å²) in [6.07, 6.45) is -0.778. The highest BCUT2D eigenvalue weighted by Crippen LogP contribution is 2.43. The van der Waals surface area contributed by atoms with Crippen molar-refractivity contribution in [2.45, 2.75) is 63.3 Å². The van der Waals surface area contributed by atoms with Gasteiger partial charge in [0, 0.05) is 44.2 Å². The summed E-state index contributed by atoms with van der Waals surface area (Å²) in [4.78, 5) is 42.6. The minimum atomic E-state index is -1.18. The van der Waals surface area contributed by atoms with Crippen molar-refractivity contribution in [3.63, 3.8) is 0 Å². The van der Waals surface area contributed by atoms with Crippen LogP contribution in [0.2, 0.25) is 0 Å². The molecule has 1 saturated carbocycles. The van der Waals surface area contributed by atoms with E-state index in [9.17, 15) is 29.0 Å². The number of carbonyl (C=O) groups is 3. The first-order valence-electron chi connectivity index (χ1n) is 13.6. The molecule has 1 aromatic heterocycles. The van der Waals surface area contributed by atoms with Crippen molar-refractivity contribution in [1.29, 1.82) is 0 Å². The first-order valence-corrected chi connectivity index (χ1v) is 13.6. The van der Waals surface area contributed by atoms with Gasteiger partial charge in [-0.25, -0.2) is 9.37 Å². The second-order valence-electron chi connectivity index (χ2n) is 10.6. The number of amides is 2. The topological polar surface area (TPSA) is 145 Å². The van der Waals surface area contributed by atoms with Gasteiger partial charge in [-0.15, -0.1) is 0 Å². The number of nitrogens with one attached hydrogen (secondary N) is 1. The summed E-state index contributed by atoms with van der Waals surface area (Å²) < 4.78 is 15.5. The van der Waals surface area contributed by atoms with Crippen molar-refractivity contribution in [3.8, 4) is 11.4 Å². The maximum atomic E-state index is 13.7. The van der Waals surface area contributed by atoms with Gasteiger partial charge in [-0.2, -0.15) is 0 Å². The van der Waals surface area contributed by atoms with Gasteiger partial charge in [-0.1, -0.05) is 12.1 Å². The first kappa shape index (κ1) is 29.9. The maximum Gasteiger partial charge on any atom is 0.305 e. The molecule has 3 aromatic rings. The summed E-state index contributed by atoms with van der Waals surface area (Å²) in [7, 11) is 3.35. The number of halogens is 1. The summed E-state index contributed by atoms with van der Waals surface area (Å²) in [5.41, 5.74) is 2.94. The molecular formula is C30H35FN4O6. The number of carbonyl (C=O) groups excluding carboxylic acids is 2. The molecular weight excluding hydrogens is 531 g/mol. The Labute approximate surface area is 237 Å². The van der Waals surface area contributed by atoms with Gasteiger partial charge < -0.3 is 30.1 Å². The average molecular weight is 567 g/mol. The number of nitrogens with zero attached hydrogens (tertiary/aromatic N) is 3. The smallest absolute Gasteiger partial charge is 0.305 e. The highest BCUT2D eigenvalue weighted by atomic mass is 19.1. The number of imidazole rings is 1. The molecule has 0 saturated heterocycles. The third-order valence-electron chi connectivity index (χ3n) is 6.99. The quantitative estimate of drug-likeness (QED) is 0.249. The van der Waals surface area contributed by atoms with Crippen LogP contribution in [0.1, 0.15) is 70.1 Å². The van der Waals surface area contributed by atoms with Gasteiger partial charge in [0.1, 0.15) is 17.3 Å². The molecule has 2 aromatic carbocycles. The molecule has 2 amide bonds. The molecule has 0 spiro atoms. The number of aliphatic hydroxyl groups excluding tert-OH is 2. The molecule has 4 rings (SSSR count). The highest BCUT2D eigenvalue weighted by molar-refractivity contribution is 5.95. The van der Waals surface area contributed by atoms with Gasteiger partial charge in [-0.05, 0) is 67.6 Å². The maximum absolute atomic E-state index is 13.7. The molecule has 4 N–H and O–H groups in total. The Bertz CT molecular complexity index is 1380. The molecule has 11 heteroatoms. The number of aliphatic hydroxyl groups is 2. The zero-order valence-electron chi connectivity index (χ0n) is 23.1. The number of hydrogen-bond acceptors (Lipinski definition) is 6. The van der Waals surface area contributed by atoms with E-state index in [1.807, 2.05) is 4.57 Å². The third-order valence-corrected chi connectivity index (χ3v) is 6.99. The van der Waals surface area contributed by atoms with E-state index in [1.165, 1.54) is 17.0 Å². The van der Waals surface area contributed by atoms with Crippen LogP contribution in [0.3, 0.4) is 0 Å². The van der Waals surface area contributed by atoms with Gasteiger partial charge in [0.05, 0.1) is 24.3 Å². The fourth-order valence-electron chi connectivity index (χ4n) is 4.73. The molecule has 0 bridgehead atoms. The highest BCUT2D eigenvalue weighted by Gasteiger charge is 2.35. The van der Waals surface area contributed by atoms with Gasteiger partial charge in [0.15, 0.2) is 0 Å². The number of rotatable bonds is 13. The Morgan fingerprint density at radius 2 is 1.71 bits per heavy atom. The Kier molecular flexibility index (Phi) is 9.51. The first-order chi connectivity index (χ1) is 19.5. The summed E-state index contributed by atoms with van der Waals surface area (Å²) in [6.45, 7) is 0.486. The fourth-order valence-corrected chi connectivity index (χ4v) is 4.73. The minimum Gasteiger partial charge on any atom is -0.481 e. The van der Waals surface area contributed by atoms with Crippen LogP contribution in [-0.2, 0) is 17.9 Å². The Hall–Kier alpha value is -4.09. The van der Waals surface area contributed by atoms with Gasteiger partial charge in [0.25, 0.3) is 11.8 Å². The van der Waals surface area contributed by atoms with E-state index in [4.69, 9.17) is 5.11 Å². The molecule has 1 fully saturated rings. The zero-order valence-corrected chi connectivity index (χ0v) is 23.1. The van der Waals surface area contributed by atoms with Gasteiger partial charge in [-0.3, -0.25) is 14.4 Å². The van der Waals surface area contributed by atoms with Crippen molar-refractivity contribution in [2.75, 3.05) is 14.1 Å². The van der Waals surface area contributed by atoms with Crippen molar-refractivity contribution in [3.05, 3.63) is 76.9 Å². The zero-order chi connectivity index (χ0) is 29.7. The van der Waals surface area contributed by atoms with Crippen LogP contribution in [0.15, 0.2) is 48.5 Å². The monoisotopic (exact) mass is 566 g/mol. The predicted octanol–water partition coefficient (Wildman–Crippen LogP) is 3.18. The number of benzene rings is 2. The second-order valence-corrected chi connectivity index (χ2v) is 10.6. The van der Waals surface area contributed by atoms with E-state index in [1.54, 1.807) is 50.5 Å². The molecule has 1 heterocycles. The summed E-state index contributed by atoms with van der Waals surface area (Å²) >= 11 is 0. The van der Waals surface area contributed by atoms with Crippen molar-refractivity contribution in [2.24, 2.45) is 0 Å². The number of hydrogen-bond donors (Lipinski definition) is 4. The van der Waals surface area contributed by atoms with E-state index < -0.39 is 30.4 Å². The van der Waals surface area contributed by atoms with E-state index in [2.05, 4.69) is 10.3 Å². The minimum absolute atomic E-state index is 0.0993. The Morgan fingerprint density at radius 3 is 2.29 bits per heavy atom. The van der Waals surface area contributed by atoms with Crippen molar-refractivity contribution >= 4 is 17.8 Å². The Morgan fingerprint density at radius 1 is 1.05 bits per heavy atom. The SMILES string of the molecule is CN(C)C(=O)c1ccc(CNC(=O)c2nc(-c3ccc(F)cc3)n(CC[C@@H](O)C[C@@H](O)CC(=O)O)c2C2CC2)cc1. The number of aromatic nitrogens is 2. The molecule has 0 unspecified atom stereocenters. The van der Waals surface area contributed by atoms with Crippen LogP contribution in [0, 0.1) is 5.82 Å². The van der Waals surface area contributed by atoms with E-state index >= 15 is 0 Å². The largest absolute Gasteiger partial charge is 0.481 e. The van der Waals surface area contributed by atoms with E-state index in [0.29, 0.717) is 17.0 Å². The van der Waals surface area contributed by atoms with Crippen LogP contribution in [-0.4, -0.2) is 73.9 Å². The molecule has 0 radical (unpaired) electrons. The predicted molar refractivity (Wildman–Crippen MR) is 149 cm³/mol. The second kappa shape index (κ2) is 13.0. The van der Waals surface area contributed by atoms with Crippen molar-refractivity contribution in [1.82, 2.24) is 19.8 Å². The van der Waals surface area contributed by atoms with Crippen LogP contribution in [0.25, 0.3) is 11.4 Å². The van der Waals surface area contributed by atoms with Crippen LogP contribution >= 0.6 is 0 Å². The lowest BCUT2D eigenvalue weighted by molar-refractivity contribution is -0.139. The lowest BCUT2D eigenvalue weighted by atomic mass is 10.1. The standard InChI is InChI=1S/C30H35FN4O6/c1-34(2)30(41)21-5-3-18(4-6-21)17-32-29(40)26-27(19-7-8-19)35(14-13-23(36)15-24(37)16-25(38)39)28(33-26)20-9-11-22(31)12-10-20/h3-6,9-12,19,23-24,36-37H,7-8,13-17H2,1-2H3,(H,32,40)(H,38,39)/t23-,24-/m1/s1. The molecule has 0 aliphatic heterocycles. The van der Waals surface area contributed by atoms with Crippen LogP contribution < -0.4 is 5.32 Å². The molecule has 10 nitrogen and oxygen atoms in total. The van der Waals surface area contributed by atoms with Crippen LogP contribution in [0.4, 0.5) is 4.39 Å². The molecule has 1 aliphatic carbocycles. The average Bonchev–Trinajstić information content (AvgIpc) is 3.70. The molecule has 218 valence electrons.